The van der Waals surface area contributed by atoms with E-state index in [0.717, 1.165) is 23.3 Å². The zero-order valence-corrected chi connectivity index (χ0v) is 14.5. The van der Waals surface area contributed by atoms with Crippen LogP contribution in [0.4, 0.5) is 0 Å². The first-order valence-corrected chi connectivity index (χ1v) is 7.80. The summed E-state index contributed by atoms with van der Waals surface area (Å²) in [5.41, 5.74) is 2.79. The molecule has 1 amide bonds. The van der Waals surface area contributed by atoms with Crippen molar-refractivity contribution < 1.29 is 4.79 Å². The molecule has 0 saturated carbocycles. The van der Waals surface area contributed by atoms with Gasteiger partial charge in [-0.1, -0.05) is 26.8 Å². The van der Waals surface area contributed by atoms with Crippen LogP contribution < -0.4 is 5.32 Å². The molecule has 2 aromatic rings. The molecule has 0 spiro atoms. The fourth-order valence-electron chi connectivity index (χ4n) is 3.25. The van der Waals surface area contributed by atoms with E-state index in [0.29, 0.717) is 6.42 Å². The van der Waals surface area contributed by atoms with Crippen molar-refractivity contribution in [2.24, 2.45) is 5.41 Å². The zero-order valence-electron chi connectivity index (χ0n) is 14.5. The van der Waals surface area contributed by atoms with Crippen molar-refractivity contribution in [3.05, 3.63) is 35.8 Å². The molecule has 0 aromatic carbocycles. The quantitative estimate of drug-likeness (QED) is 0.939. The van der Waals surface area contributed by atoms with Gasteiger partial charge in [-0.15, -0.1) is 0 Å². The molecule has 0 unspecified atom stereocenters. The van der Waals surface area contributed by atoms with E-state index in [1.165, 1.54) is 0 Å². The molecule has 0 aliphatic heterocycles. The highest BCUT2D eigenvalue weighted by Gasteiger charge is 2.27. The van der Waals surface area contributed by atoms with Gasteiger partial charge in [0, 0.05) is 17.9 Å². The number of pyridine rings is 1. The molecule has 4 nitrogen and oxygen atoms in total. The fraction of sp³-hybridized carbons (Fsp3) is 0.556. The van der Waals surface area contributed by atoms with E-state index >= 15 is 0 Å². The Bertz CT molecular complexity index is 677. The second kappa shape index (κ2) is 5.75. The Hall–Kier alpha value is -1.84. The van der Waals surface area contributed by atoms with Crippen molar-refractivity contribution in [1.82, 2.24) is 14.7 Å². The highest BCUT2D eigenvalue weighted by Crippen LogP contribution is 2.26. The van der Waals surface area contributed by atoms with Crippen LogP contribution in [0.3, 0.4) is 0 Å². The SMILES string of the molecule is Cc1cccn2cc(CC(=O)NC(C)(C)CC(C)(C)C)nc12. The minimum atomic E-state index is -0.218. The molecule has 2 rings (SSSR count). The minimum Gasteiger partial charge on any atom is -0.351 e. The van der Waals surface area contributed by atoms with Gasteiger partial charge in [0.05, 0.1) is 12.1 Å². The predicted molar refractivity (Wildman–Crippen MR) is 89.9 cm³/mol. The number of nitrogens with zero attached hydrogens (tertiary/aromatic N) is 2. The van der Waals surface area contributed by atoms with Crippen LogP contribution in [0.15, 0.2) is 24.5 Å². The minimum absolute atomic E-state index is 0.0234. The van der Waals surface area contributed by atoms with Crippen molar-refractivity contribution in [1.29, 1.82) is 0 Å². The standard InChI is InChI=1S/C18H27N3O/c1-13-8-7-9-21-11-14(19-16(13)21)10-15(22)20-18(5,6)12-17(2,3)4/h7-9,11H,10,12H2,1-6H3,(H,20,22). The average molecular weight is 301 g/mol. The van der Waals surface area contributed by atoms with E-state index in [4.69, 9.17) is 0 Å². The highest BCUT2D eigenvalue weighted by molar-refractivity contribution is 5.79. The van der Waals surface area contributed by atoms with Gasteiger partial charge in [-0.3, -0.25) is 4.79 Å². The number of hydrogen-bond acceptors (Lipinski definition) is 2. The van der Waals surface area contributed by atoms with E-state index in [2.05, 4.69) is 44.9 Å². The van der Waals surface area contributed by atoms with Crippen LogP contribution in [-0.4, -0.2) is 20.8 Å². The van der Waals surface area contributed by atoms with Gasteiger partial charge < -0.3 is 9.72 Å². The van der Waals surface area contributed by atoms with Crippen LogP contribution in [0.25, 0.3) is 5.65 Å². The number of carbonyl (C=O) groups excluding carboxylic acids is 1. The Morgan fingerprint density at radius 1 is 1.27 bits per heavy atom. The first-order valence-electron chi connectivity index (χ1n) is 7.80. The number of hydrogen-bond donors (Lipinski definition) is 1. The molecule has 0 fully saturated rings. The summed E-state index contributed by atoms with van der Waals surface area (Å²) >= 11 is 0. The first kappa shape index (κ1) is 16.5. The lowest BCUT2D eigenvalue weighted by atomic mass is 9.82. The molecule has 22 heavy (non-hydrogen) atoms. The average Bonchev–Trinajstić information content (AvgIpc) is 2.68. The number of imidazole rings is 1. The zero-order chi connectivity index (χ0) is 16.5. The summed E-state index contributed by atoms with van der Waals surface area (Å²) in [6.45, 7) is 12.7. The van der Waals surface area contributed by atoms with Gasteiger partial charge in [-0.05, 0) is 44.2 Å². The van der Waals surface area contributed by atoms with Crippen molar-refractivity contribution in [2.75, 3.05) is 0 Å². The van der Waals surface area contributed by atoms with E-state index in [9.17, 15) is 4.79 Å². The van der Waals surface area contributed by atoms with Gasteiger partial charge in [0.2, 0.25) is 5.91 Å². The summed E-state index contributed by atoms with van der Waals surface area (Å²) in [7, 11) is 0. The monoisotopic (exact) mass is 301 g/mol. The van der Waals surface area contributed by atoms with E-state index in [-0.39, 0.29) is 16.9 Å². The van der Waals surface area contributed by atoms with Crippen LogP contribution >= 0.6 is 0 Å². The molecule has 0 aliphatic carbocycles. The molecule has 0 bridgehead atoms. The Morgan fingerprint density at radius 2 is 1.95 bits per heavy atom. The predicted octanol–water partition coefficient (Wildman–Crippen LogP) is 3.52. The fourth-order valence-corrected chi connectivity index (χ4v) is 3.25. The lowest BCUT2D eigenvalue weighted by Gasteiger charge is -2.33. The smallest absolute Gasteiger partial charge is 0.226 e. The number of aryl methyl sites for hydroxylation is 1. The van der Waals surface area contributed by atoms with Crippen molar-refractivity contribution in [3.63, 3.8) is 0 Å². The van der Waals surface area contributed by atoms with Gasteiger partial charge >= 0.3 is 0 Å². The molecule has 120 valence electrons. The first-order chi connectivity index (χ1) is 10.1. The van der Waals surface area contributed by atoms with Gasteiger partial charge in [0.15, 0.2) is 0 Å². The molecular formula is C18H27N3O. The second-order valence-corrected chi connectivity index (χ2v) is 8.00. The van der Waals surface area contributed by atoms with Crippen LogP contribution in [-0.2, 0) is 11.2 Å². The molecule has 0 radical (unpaired) electrons. The summed E-state index contributed by atoms with van der Waals surface area (Å²) in [5, 5.41) is 3.13. The Balaban J connectivity index is 2.06. The highest BCUT2D eigenvalue weighted by atomic mass is 16.1. The number of fused-ring (bicyclic) bond motifs is 1. The van der Waals surface area contributed by atoms with Gasteiger partial charge in [0.25, 0.3) is 0 Å². The van der Waals surface area contributed by atoms with Crippen molar-refractivity contribution in [3.8, 4) is 0 Å². The summed E-state index contributed by atoms with van der Waals surface area (Å²) in [6, 6.07) is 4.01. The van der Waals surface area contributed by atoms with Crippen LogP contribution in [0.5, 0.6) is 0 Å². The van der Waals surface area contributed by atoms with Gasteiger partial charge in [0.1, 0.15) is 5.65 Å². The number of aromatic nitrogens is 2. The lowest BCUT2D eigenvalue weighted by molar-refractivity contribution is -0.122. The van der Waals surface area contributed by atoms with Gasteiger partial charge in [-0.2, -0.15) is 0 Å². The van der Waals surface area contributed by atoms with E-state index in [1.807, 2.05) is 35.9 Å². The number of carbonyl (C=O) groups is 1. The Morgan fingerprint density at radius 3 is 2.55 bits per heavy atom. The molecule has 0 saturated heterocycles. The number of rotatable bonds is 4. The Kier molecular flexibility index (Phi) is 4.32. The second-order valence-electron chi connectivity index (χ2n) is 8.00. The maximum atomic E-state index is 12.3. The summed E-state index contributed by atoms with van der Waals surface area (Å²) in [5.74, 6) is 0.0234. The number of amides is 1. The summed E-state index contributed by atoms with van der Waals surface area (Å²) in [4.78, 5) is 16.9. The molecule has 1 N–H and O–H groups in total. The molecule has 2 heterocycles. The Labute approximate surface area is 132 Å². The molecular weight excluding hydrogens is 274 g/mol. The van der Waals surface area contributed by atoms with E-state index < -0.39 is 0 Å². The lowest BCUT2D eigenvalue weighted by Crippen LogP contribution is -2.46. The van der Waals surface area contributed by atoms with Crippen molar-refractivity contribution >= 4 is 11.6 Å². The third kappa shape index (κ3) is 4.33. The molecule has 0 aliphatic rings. The summed E-state index contributed by atoms with van der Waals surface area (Å²) < 4.78 is 1.97. The van der Waals surface area contributed by atoms with E-state index in [1.54, 1.807) is 0 Å². The topological polar surface area (TPSA) is 46.4 Å². The molecule has 2 aromatic heterocycles. The van der Waals surface area contributed by atoms with Crippen LogP contribution in [0.2, 0.25) is 0 Å². The maximum Gasteiger partial charge on any atom is 0.226 e. The maximum absolute atomic E-state index is 12.3. The largest absolute Gasteiger partial charge is 0.351 e. The third-order valence-corrected chi connectivity index (χ3v) is 3.52. The number of nitrogens with one attached hydrogen (secondary N) is 1. The van der Waals surface area contributed by atoms with Crippen molar-refractivity contribution in [2.45, 2.75) is 59.9 Å². The van der Waals surface area contributed by atoms with Crippen LogP contribution in [0.1, 0.15) is 52.3 Å². The normalized spacial score (nSPS) is 12.6. The molecule has 4 heteroatoms. The molecule has 0 atom stereocenters. The summed E-state index contributed by atoms with van der Waals surface area (Å²) in [6.07, 6.45) is 5.13. The van der Waals surface area contributed by atoms with Crippen LogP contribution in [0, 0.1) is 12.3 Å². The van der Waals surface area contributed by atoms with Gasteiger partial charge in [-0.25, -0.2) is 4.98 Å². The third-order valence-electron chi connectivity index (χ3n) is 3.52.